The second-order valence-electron chi connectivity index (χ2n) is 8.48. The third-order valence-electron chi connectivity index (χ3n) is 6.19. The van der Waals surface area contributed by atoms with Crippen LogP contribution >= 0.6 is 0 Å². The van der Waals surface area contributed by atoms with E-state index in [1.54, 1.807) is 18.2 Å². The molecule has 1 aliphatic rings. The van der Waals surface area contributed by atoms with E-state index in [4.69, 9.17) is 9.47 Å². The Bertz CT molecular complexity index is 1280. The largest absolute Gasteiger partial charge is 0.497 e. The third-order valence-corrected chi connectivity index (χ3v) is 8.05. The van der Waals surface area contributed by atoms with Gasteiger partial charge in [-0.15, -0.1) is 0 Å². The van der Waals surface area contributed by atoms with Crippen LogP contribution in [-0.2, 0) is 21.3 Å². The Labute approximate surface area is 200 Å². The average molecular weight is 486 g/mol. The van der Waals surface area contributed by atoms with Gasteiger partial charge in [-0.1, -0.05) is 18.2 Å². The molecule has 0 radical (unpaired) electrons. The summed E-state index contributed by atoms with van der Waals surface area (Å²) in [6, 6.07) is 13.9. The molecule has 0 aliphatic carbocycles. The van der Waals surface area contributed by atoms with E-state index in [9.17, 15) is 13.2 Å². The van der Waals surface area contributed by atoms with Crippen molar-refractivity contribution in [1.82, 2.24) is 14.2 Å². The Hall–Kier alpha value is -2.72. The van der Waals surface area contributed by atoms with Crippen LogP contribution in [0.2, 0.25) is 0 Å². The first-order valence-corrected chi connectivity index (χ1v) is 12.9. The molecule has 0 atom stereocenters. The molecule has 0 unspecified atom stereocenters. The second kappa shape index (κ2) is 10.7. The van der Waals surface area contributed by atoms with E-state index < -0.39 is 10.0 Å². The number of morpholine rings is 1. The standard InChI is InChI=1S/C25H31N3O5S/c1-19-5-3-6-20-17-21(25(29)26-24(19)20)18-28(12-4-11-27-13-15-33-16-14-27)34(30,31)23-9-7-22(32-2)8-10-23/h3,5-10,17H,4,11-16,18H2,1-2H3,(H,26,29). The minimum atomic E-state index is -3.82. The number of H-pyrrole nitrogens is 1. The third kappa shape index (κ3) is 5.50. The van der Waals surface area contributed by atoms with Crippen LogP contribution in [0.25, 0.3) is 10.9 Å². The van der Waals surface area contributed by atoms with Crippen molar-refractivity contribution in [2.75, 3.05) is 46.5 Å². The number of aryl methyl sites for hydroxylation is 1. The molecule has 2 heterocycles. The van der Waals surface area contributed by atoms with Crippen LogP contribution < -0.4 is 10.3 Å². The van der Waals surface area contributed by atoms with E-state index in [1.165, 1.54) is 23.5 Å². The summed E-state index contributed by atoms with van der Waals surface area (Å²) in [6.45, 7) is 6.08. The molecule has 4 rings (SSSR count). The maximum atomic E-state index is 13.6. The van der Waals surface area contributed by atoms with E-state index in [0.717, 1.165) is 36.1 Å². The molecule has 0 spiro atoms. The summed E-state index contributed by atoms with van der Waals surface area (Å²) in [5.41, 5.74) is 1.88. The fourth-order valence-electron chi connectivity index (χ4n) is 4.21. The van der Waals surface area contributed by atoms with Crippen molar-refractivity contribution in [3.8, 4) is 5.75 Å². The number of aromatic nitrogens is 1. The molecule has 1 aromatic heterocycles. The number of para-hydroxylation sites is 1. The molecular weight excluding hydrogens is 454 g/mol. The van der Waals surface area contributed by atoms with Crippen molar-refractivity contribution in [2.24, 2.45) is 0 Å². The highest BCUT2D eigenvalue weighted by atomic mass is 32.2. The highest BCUT2D eigenvalue weighted by Gasteiger charge is 2.26. The van der Waals surface area contributed by atoms with Crippen LogP contribution in [-0.4, -0.2) is 69.1 Å². The van der Waals surface area contributed by atoms with E-state index >= 15 is 0 Å². The highest BCUT2D eigenvalue weighted by Crippen LogP contribution is 2.22. The molecule has 1 N–H and O–H groups in total. The summed E-state index contributed by atoms with van der Waals surface area (Å²) in [6.07, 6.45) is 0.653. The molecule has 1 fully saturated rings. The Balaban J connectivity index is 1.61. The van der Waals surface area contributed by atoms with Gasteiger partial charge < -0.3 is 14.5 Å². The monoisotopic (exact) mass is 485 g/mol. The summed E-state index contributed by atoms with van der Waals surface area (Å²) >= 11 is 0. The van der Waals surface area contributed by atoms with Crippen molar-refractivity contribution in [3.63, 3.8) is 0 Å². The zero-order chi connectivity index (χ0) is 24.1. The number of methoxy groups -OCH3 is 1. The Morgan fingerprint density at radius 2 is 1.85 bits per heavy atom. The van der Waals surface area contributed by atoms with Crippen LogP contribution in [0.3, 0.4) is 0 Å². The number of benzene rings is 2. The normalized spacial score (nSPS) is 15.1. The Morgan fingerprint density at radius 3 is 2.56 bits per heavy atom. The average Bonchev–Trinajstić information content (AvgIpc) is 2.85. The quantitative estimate of drug-likeness (QED) is 0.501. The molecule has 0 amide bonds. The number of nitrogens with zero attached hydrogens (tertiary/aromatic N) is 2. The summed E-state index contributed by atoms with van der Waals surface area (Å²) < 4.78 is 39.1. The first-order valence-electron chi connectivity index (χ1n) is 11.4. The molecule has 1 aliphatic heterocycles. The number of fused-ring (bicyclic) bond motifs is 1. The van der Waals surface area contributed by atoms with Crippen molar-refractivity contribution >= 4 is 20.9 Å². The lowest BCUT2D eigenvalue weighted by Crippen LogP contribution is -2.39. The molecule has 3 aromatic rings. The van der Waals surface area contributed by atoms with Crippen molar-refractivity contribution in [3.05, 3.63) is 70.0 Å². The minimum Gasteiger partial charge on any atom is -0.497 e. The number of hydrogen-bond acceptors (Lipinski definition) is 6. The minimum absolute atomic E-state index is 0.00328. The summed E-state index contributed by atoms with van der Waals surface area (Å²) in [4.78, 5) is 18.2. The first-order chi connectivity index (χ1) is 16.4. The number of nitrogens with one attached hydrogen (secondary N) is 1. The molecule has 0 saturated carbocycles. The van der Waals surface area contributed by atoms with Crippen LogP contribution in [0, 0.1) is 6.92 Å². The van der Waals surface area contributed by atoms with Crippen LogP contribution in [0.5, 0.6) is 5.75 Å². The molecule has 9 heteroatoms. The smallest absolute Gasteiger partial charge is 0.252 e. The number of aromatic amines is 1. The first kappa shape index (κ1) is 24.4. The van der Waals surface area contributed by atoms with Crippen molar-refractivity contribution < 1.29 is 17.9 Å². The fraction of sp³-hybridized carbons (Fsp3) is 0.400. The molecule has 1 saturated heterocycles. The van der Waals surface area contributed by atoms with Gasteiger partial charge in [0.25, 0.3) is 5.56 Å². The highest BCUT2D eigenvalue weighted by molar-refractivity contribution is 7.89. The maximum absolute atomic E-state index is 13.6. The van der Waals surface area contributed by atoms with Crippen LogP contribution in [0.1, 0.15) is 17.5 Å². The van der Waals surface area contributed by atoms with Gasteiger partial charge in [-0.05, 0) is 61.2 Å². The van der Waals surface area contributed by atoms with E-state index in [0.29, 0.717) is 37.5 Å². The van der Waals surface area contributed by atoms with Gasteiger partial charge >= 0.3 is 0 Å². The van der Waals surface area contributed by atoms with Gasteiger partial charge in [0, 0.05) is 31.7 Å². The van der Waals surface area contributed by atoms with Gasteiger partial charge in [-0.2, -0.15) is 4.31 Å². The number of rotatable bonds is 9. The van der Waals surface area contributed by atoms with Crippen LogP contribution in [0.4, 0.5) is 0 Å². The Morgan fingerprint density at radius 1 is 1.12 bits per heavy atom. The van der Waals surface area contributed by atoms with E-state index in [-0.39, 0.29) is 17.0 Å². The topological polar surface area (TPSA) is 91.9 Å². The molecule has 2 aromatic carbocycles. The van der Waals surface area contributed by atoms with Crippen LogP contribution in [0.15, 0.2) is 58.2 Å². The summed E-state index contributed by atoms with van der Waals surface area (Å²) in [7, 11) is -2.29. The van der Waals surface area contributed by atoms with E-state index in [2.05, 4.69) is 9.88 Å². The number of hydrogen-bond donors (Lipinski definition) is 1. The lowest BCUT2D eigenvalue weighted by atomic mass is 10.1. The SMILES string of the molecule is COc1ccc(S(=O)(=O)N(CCCN2CCOCC2)Cc2cc3cccc(C)c3[nH]c2=O)cc1. The van der Waals surface area contributed by atoms with Gasteiger partial charge in [-0.25, -0.2) is 8.42 Å². The fourth-order valence-corrected chi connectivity index (χ4v) is 5.67. The number of pyridine rings is 1. The molecule has 0 bridgehead atoms. The van der Waals surface area contributed by atoms with E-state index in [1.807, 2.05) is 25.1 Å². The van der Waals surface area contributed by atoms with Gasteiger partial charge in [0.1, 0.15) is 5.75 Å². The molecule has 182 valence electrons. The van der Waals surface area contributed by atoms with Crippen molar-refractivity contribution in [1.29, 1.82) is 0 Å². The van der Waals surface area contributed by atoms with Gasteiger partial charge in [0.05, 0.1) is 30.7 Å². The molecular formula is C25H31N3O5S. The summed E-state index contributed by atoms with van der Waals surface area (Å²) in [5, 5.41) is 0.879. The lowest BCUT2D eigenvalue weighted by molar-refractivity contribution is 0.0368. The van der Waals surface area contributed by atoms with Gasteiger partial charge in [-0.3, -0.25) is 9.69 Å². The zero-order valence-corrected chi connectivity index (χ0v) is 20.4. The predicted octanol–water partition coefficient (Wildman–Crippen LogP) is 2.76. The van der Waals surface area contributed by atoms with Gasteiger partial charge in [0.15, 0.2) is 0 Å². The summed E-state index contributed by atoms with van der Waals surface area (Å²) in [5.74, 6) is 0.583. The number of ether oxygens (including phenoxy) is 2. The maximum Gasteiger partial charge on any atom is 0.252 e. The van der Waals surface area contributed by atoms with Crippen molar-refractivity contribution in [2.45, 2.75) is 24.8 Å². The zero-order valence-electron chi connectivity index (χ0n) is 19.6. The number of sulfonamides is 1. The van der Waals surface area contributed by atoms with Gasteiger partial charge in [0.2, 0.25) is 10.0 Å². The molecule has 8 nitrogen and oxygen atoms in total. The Kier molecular flexibility index (Phi) is 7.67. The predicted molar refractivity (Wildman–Crippen MR) is 132 cm³/mol. The second-order valence-corrected chi connectivity index (χ2v) is 10.4. The lowest BCUT2D eigenvalue weighted by Gasteiger charge is -2.28. The molecule has 34 heavy (non-hydrogen) atoms.